The number of aromatic nitrogens is 1. The van der Waals surface area contributed by atoms with Crippen LogP contribution in [0.3, 0.4) is 0 Å². The lowest BCUT2D eigenvalue weighted by molar-refractivity contribution is 0.400. The standard InChI is InChI=1S/C11H13N3O2/c1-15-9-3-2-5-13-11(9)10(14-12)8-4-6-16-7-8/h2-7,10,14H,12H2,1H3. The first-order valence-electron chi connectivity index (χ1n) is 4.84. The van der Waals surface area contributed by atoms with Crippen LogP contribution in [-0.4, -0.2) is 12.1 Å². The molecule has 1 atom stereocenters. The smallest absolute Gasteiger partial charge is 0.142 e. The van der Waals surface area contributed by atoms with Gasteiger partial charge in [-0.25, -0.2) is 5.43 Å². The molecule has 0 saturated heterocycles. The summed E-state index contributed by atoms with van der Waals surface area (Å²) in [5.41, 5.74) is 4.33. The highest BCUT2D eigenvalue weighted by Crippen LogP contribution is 2.27. The van der Waals surface area contributed by atoms with E-state index in [2.05, 4.69) is 10.4 Å². The monoisotopic (exact) mass is 219 g/mol. The van der Waals surface area contributed by atoms with Gasteiger partial charge in [-0.05, 0) is 18.2 Å². The summed E-state index contributed by atoms with van der Waals surface area (Å²) in [5, 5.41) is 0. The number of hydrogen-bond acceptors (Lipinski definition) is 5. The Morgan fingerprint density at radius 3 is 3.00 bits per heavy atom. The maximum atomic E-state index is 5.53. The van der Waals surface area contributed by atoms with E-state index in [0.29, 0.717) is 5.75 Å². The number of pyridine rings is 1. The average Bonchev–Trinajstić information content (AvgIpc) is 2.84. The van der Waals surface area contributed by atoms with Crippen molar-refractivity contribution in [2.75, 3.05) is 7.11 Å². The van der Waals surface area contributed by atoms with Crippen LogP contribution in [0.1, 0.15) is 17.3 Å². The lowest BCUT2D eigenvalue weighted by Gasteiger charge is -2.16. The maximum Gasteiger partial charge on any atom is 0.142 e. The van der Waals surface area contributed by atoms with Gasteiger partial charge in [0.1, 0.15) is 11.4 Å². The zero-order chi connectivity index (χ0) is 11.4. The molecule has 84 valence electrons. The van der Waals surface area contributed by atoms with Crippen molar-refractivity contribution in [3.8, 4) is 5.75 Å². The molecule has 5 heteroatoms. The quantitative estimate of drug-likeness (QED) is 0.597. The maximum absolute atomic E-state index is 5.53. The summed E-state index contributed by atoms with van der Waals surface area (Å²) in [6, 6.07) is 5.24. The number of hydrazine groups is 1. The average molecular weight is 219 g/mol. The predicted octanol–water partition coefficient (Wildman–Crippen LogP) is 1.24. The minimum atomic E-state index is -0.241. The molecule has 0 amide bonds. The van der Waals surface area contributed by atoms with E-state index in [1.165, 1.54) is 0 Å². The second-order valence-electron chi connectivity index (χ2n) is 3.25. The molecule has 0 aliphatic heterocycles. The van der Waals surface area contributed by atoms with Gasteiger partial charge in [0, 0.05) is 11.8 Å². The summed E-state index contributed by atoms with van der Waals surface area (Å²) in [4.78, 5) is 4.27. The van der Waals surface area contributed by atoms with Gasteiger partial charge in [0.2, 0.25) is 0 Å². The topological polar surface area (TPSA) is 73.3 Å². The molecule has 0 spiro atoms. The first kappa shape index (κ1) is 10.7. The minimum Gasteiger partial charge on any atom is -0.495 e. The van der Waals surface area contributed by atoms with Gasteiger partial charge < -0.3 is 9.15 Å². The van der Waals surface area contributed by atoms with E-state index < -0.39 is 0 Å². The first-order chi connectivity index (χ1) is 7.86. The van der Waals surface area contributed by atoms with Crippen LogP contribution in [0.4, 0.5) is 0 Å². The Balaban J connectivity index is 2.41. The summed E-state index contributed by atoms with van der Waals surface area (Å²) in [6.45, 7) is 0. The molecule has 0 aliphatic carbocycles. The Labute approximate surface area is 93.2 Å². The van der Waals surface area contributed by atoms with Crippen molar-refractivity contribution in [1.82, 2.24) is 10.4 Å². The number of nitrogens with one attached hydrogen (secondary N) is 1. The fraction of sp³-hybridized carbons (Fsp3) is 0.182. The van der Waals surface area contributed by atoms with Crippen LogP contribution >= 0.6 is 0 Å². The number of methoxy groups -OCH3 is 1. The van der Waals surface area contributed by atoms with E-state index in [-0.39, 0.29) is 6.04 Å². The second-order valence-corrected chi connectivity index (χ2v) is 3.25. The third kappa shape index (κ3) is 1.91. The van der Waals surface area contributed by atoms with Gasteiger partial charge in [-0.15, -0.1) is 0 Å². The number of nitrogens with zero attached hydrogens (tertiary/aromatic N) is 1. The molecule has 2 aromatic rings. The number of rotatable bonds is 4. The summed E-state index contributed by atoms with van der Waals surface area (Å²) >= 11 is 0. The van der Waals surface area contributed by atoms with Gasteiger partial charge in [-0.2, -0.15) is 0 Å². The molecular weight excluding hydrogens is 206 g/mol. The fourth-order valence-corrected chi connectivity index (χ4v) is 1.56. The molecule has 16 heavy (non-hydrogen) atoms. The van der Waals surface area contributed by atoms with Crippen molar-refractivity contribution >= 4 is 0 Å². The molecule has 0 aliphatic rings. The van der Waals surface area contributed by atoms with Crippen LogP contribution in [0, 0.1) is 0 Å². The molecule has 2 rings (SSSR count). The highest BCUT2D eigenvalue weighted by atomic mass is 16.5. The van der Waals surface area contributed by atoms with Crippen molar-refractivity contribution in [3.63, 3.8) is 0 Å². The first-order valence-corrected chi connectivity index (χ1v) is 4.84. The van der Waals surface area contributed by atoms with Crippen LogP contribution in [0.5, 0.6) is 5.75 Å². The largest absolute Gasteiger partial charge is 0.495 e. The van der Waals surface area contributed by atoms with Crippen molar-refractivity contribution < 1.29 is 9.15 Å². The van der Waals surface area contributed by atoms with E-state index in [0.717, 1.165) is 11.3 Å². The van der Waals surface area contributed by atoms with Gasteiger partial charge in [0.25, 0.3) is 0 Å². The third-order valence-electron chi connectivity index (χ3n) is 2.34. The molecule has 3 N–H and O–H groups in total. The Hall–Kier alpha value is -1.85. The molecule has 0 fully saturated rings. The van der Waals surface area contributed by atoms with Gasteiger partial charge >= 0.3 is 0 Å². The Kier molecular flexibility index (Phi) is 3.19. The fourth-order valence-electron chi connectivity index (χ4n) is 1.56. The molecule has 2 aromatic heterocycles. The van der Waals surface area contributed by atoms with Crippen molar-refractivity contribution in [2.24, 2.45) is 5.84 Å². The molecule has 2 heterocycles. The predicted molar refractivity (Wildman–Crippen MR) is 58.7 cm³/mol. The van der Waals surface area contributed by atoms with E-state index in [1.807, 2.05) is 18.2 Å². The Morgan fingerprint density at radius 2 is 2.38 bits per heavy atom. The molecule has 1 unspecified atom stereocenters. The number of nitrogens with two attached hydrogens (primary N) is 1. The molecular formula is C11H13N3O2. The second kappa shape index (κ2) is 4.78. The van der Waals surface area contributed by atoms with Gasteiger partial charge in [-0.1, -0.05) is 0 Å². The summed E-state index contributed by atoms with van der Waals surface area (Å²) < 4.78 is 10.3. The normalized spacial score (nSPS) is 12.4. The number of hydrogen-bond donors (Lipinski definition) is 2. The van der Waals surface area contributed by atoms with E-state index in [4.69, 9.17) is 15.0 Å². The van der Waals surface area contributed by atoms with Crippen molar-refractivity contribution in [3.05, 3.63) is 48.2 Å². The Bertz CT molecular complexity index is 442. The third-order valence-corrected chi connectivity index (χ3v) is 2.34. The lowest BCUT2D eigenvalue weighted by Crippen LogP contribution is -2.29. The van der Waals surface area contributed by atoms with Crippen LogP contribution in [-0.2, 0) is 0 Å². The SMILES string of the molecule is COc1cccnc1C(NN)c1ccoc1. The lowest BCUT2D eigenvalue weighted by atomic mass is 10.1. The van der Waals surface area contributed by atoms with Crippen molar-refractivity contribution in [2.45, 2.75) is 6.04 Å². The van der Waals surface area contributed by atoms with Gasteiger partial charge in [-0.3, -0.25) is 10.8 Å². The van der Waals surface area contributed by atoms with Crippen LogP contribution in [0.15, 0.2) is 41.3 Å². The molecule has 0 saturated carbocycles. The molecule has 5 nitrogen and oxygen atoms in total. The number of ether oxygens (including phenoxy) is 1. The highest BCUT2D eigenvalue weighted by Gasteiger charge is 2.18. The minimum absolute atomic E-state index is 0.241. The van der Waals surface area contributed by atoms with E-state index in [9.17, 15) is 0 Å². The zero-order valence-corrected chi connectivity index (χ0v) is 8.88. The van der Waals surface area contributed by atoms with Crippen LogP contribution < -0.4 is 16.0 Å². The van der Waals surface area contributed by atoms with Crippen LogP contribution in [0.2, 0.25) is 0 Å². The molecule has 0 bridgehead atoms. The van der Waals surface area contributed by atoms with Gasteiger partial charge in [0.05, 0.1) is 25.7 Å². The van der Waals surface area contributed by atoms with E-state index in [1.54, 1.807) is 25.8 Å². The van der Waals surface area contributed by atoms with E-state index >= 15 is 0 Å². The van der Waals surface area contributed by atoms with Gasteiger partial charge in [0.15, 0.2) is 0 Å². The zero-order valence-electron chi connectivity index (χ0n) is 8.88. The van der Waals surface area contributed by atoms with Crippen molar-refractivity contribution in [1.29, 1.82) is 0 Å². The molecule has 0 aromatic carbocycles. The summed E-state index contributed by atoms with van der Waals surface area (Å²) in [7, 11) is 1.60. The summed E-state index contributed by atoms with van der Waals surface area (Å²) in [6.07, 6.45) is 4.91. The summed E-state index contributed by atoms with van der Waals surface area (Å²) in [5.74, 6) is 6.22. The highest BCUT2D eigenvalue weighted by molar-refractivity contribution is 5.35. The van der Waals surface area contributed by atoms with Crippen LogP contribution in [0.25, 0.3) is 0 Å². The number of furan rings is 1. The Morgan fingerprint density at radius 1 is 1.50 bits per heavy atom. The molecule has 0 radical (unpaired) electrons.